The van der Waals surface area contributed by atoms with Gasteiger partial charge in [-0.3, -0.25) is 9.89 Å². The van der Waals surface area contributed by atoms with Crippen molar-refractivity contribution in [2.24, 2.45) is 0 Å². The molecule has 0 fully saturated rings. The van der Waals surface area contributed by atoms with E-state index in [-0.39, 0.29) is 5.91 Å². The third kappa shape index (κ3) is 2.42. The van der Waals surface area contributed by atoms with Crippen LogP contribution in [0.1, 0.15) is 10.4 Å². The summed E-state index contributed by atoms with van der Waals surface area (Å²) in [5.74, 6) is -0.00158. The Hall–Kier alpha value is -1.53. The number of aromatic nitrogens is 2. The average Bonchev–Trinajstić information content (AvgIpc) is 2.68. The lowest BCUT2D eigenvalue weighted by atomic mass is 10.2. The van der Waals surface area contributed by atoms with Crippen LogP contribution in [0.4, 0.5) is 11.5 Å². The molecule has 5 nitrogen and oxygen atoms in total. The Morgan fingerprint density at radius 2 is 2.29 bits per heavy atom. The molecule has 0 saturated carbocycles. The van der Waals surface area contributed by atoms with Crippen LogP contribution in [0, 0.1) is 0 Å². The summed E-state index contributed by atoms with van der Waals surface area (Å²) in [6.45, 7) is 0. The van der Waals surface area contributed by atoms with E-state index in [1.807, 2.05) is 0 Å². The Labute approximate surface area is 110 Å². The number of H-pyrrole nitrogens is 1. The summed E-state index contributed by atoms with van der Waals surface area (Å²) in [6.07, 6.45) is 1.41. The highest BCUT2D eigenvalue weighted by molar-refractivity contribution is 9.10. The van der Waals surface area contributed by atoms with Crippen LogP contribution in [0.15, 0.2) is 28.9 Å². The molecule has 4 N–H and O–H groups in total. The van der Waals surface area contributed by atoms with Gasteiger partial charge in [-0.25, -0.2) is 0 Å². The molecule has 0 spiro atoms. The minimum absolute atomic E-state index is 0.350. The van der Waals surface area contributed by atoms with Crippen LogP contribution in [-0.4, -0.2) is 16.1 Å². The minimum Gasteiger partial charge on any atom is -0.394 e. The third-order valence-corrected chi connectivity index (χ3v) is 3.40. The second-order valence-electron chi connectivity index (χ2n) is 3.26. The molecule has 0 unspecified atom stereocenters. The molecule has 1 aromatic heterocycles. The molecule has 2 rings (SSSR count). The van der Waals surface area contributed by atoms with Crippen LogP contribution in [0.3, 0.4) is 0 Å². The zero-order chi connectivity index (χ0) is 12.4. The molecule has 0 bridgehead atoms. The van der Waals surface area contributed by atoms with Gasteiger partial charge in [-0.15, -0.1) is 0 Å². The molecule has 17 heavy (non-hydrogen) atoms. The third-order valence-electron chi connectivity index (χ3n) is 2.10. The lowest BCUT2D eigenvalue weighted by Gasteiger charge is -2.06. The predicted octanol–water partition coefficient (Wildman–Crippen LogP) is 2.66. The number of rotatable bonds is 2. The van der Waals surface area contributed by atoms with Crippen LogP contribution >= 0.6 is 27.5 Å². The number of anilines is 2. The van der Waals surface area contributed by atoms with Gasteiger partial charge < -0.3 is 11.1 Å². The van der Waals surface area contributed by atoms with Crippen molar-refractivity contribution in [2.45, 2.75) is 0 Å². The molecule has 0 aliphatic rings. The second kappa shape index (κ2) is 4.77. The van der Waals surface area contributed by atoms with Crippen molar-refractivity contribution >= 4 is 44.9 Å². The van der Waals surface area contributed by atoms with Crippen LogP contribution in [-0.2, 0) is 0 Å². The smallest absolute Gasteiger partial charge is 0.258 e. The summed E-state index contributed by atoms with van der Waals surface area (Å²) in [5.41, 5.74) is 6.31. The molecule has 1 amide bonds. The van der Waals surface area contributed by atoms with Gasteiger partial charge in [-0.05, 0) is 28.1 Å². The summed E-state index contributed by atoms with van der Waals surface area (Å²) < 4.78 is 0.657. The predicted molar refractivity (Wildman–Crippen MR) is 70.1 cm³/mol. The Kier molecular flexibility index (Phi) is 3.35. The summed E-state index contributed by atoms with van der Waals surface area (Å²) >= 11 is 9.25. The fraction of sp³-hybridized carbons (Fsp3) is 0. The van der Waals surface area contributed by atoms with E-state index in [1.165, 1.54) is 6.20 Å². The number of aromatic amines is 1. The topological polar surface area (TPSA) is 83.8 Å². The molecule has 0 atom stereocenters. The van der Waals surface area contributed by atoms with E-state index in [1.54, 1.807) is 18.2 Å². The Morgan fingerprint density at radius 1 is 1.53 bits per heavy atom. The minimum atomic E-state index is -0.354. The SMILES string of the molecule is Nc1cn[nH]c1NC(=O)c1cccc(Br)c1Cl. The van der Waals surface area contributed by atoms with Gasteiger partial charge in [0.25, 0.3) is 5.91 Å². The molecule has 2 aromatic rings. The van der Waals surface area contributed by atoms with Crippen LogP contribution in [0.2, 0.25) is 5.02 Å². The van der Waals surface area contributed by atoms with Gasteiger partial charge in [-0.1, -0.05) is 17.7 Å². The highest BCUT2D eigenvalue weighted by atomic mass is 79.9. The fourth-order valence-corrected chi connectivity index (χ4v) is 1.83. The molecule has 0 radical (unpaired) electrons. The molecule has 88 valence electrons. The number of nitrogens with one attached hydrogen (secondary N) is 2. The first-order chi connectivity index (χ1) is 8.09. The summed E-state index contributed by atoms with van der Waals surface area (Å²) in [6, 6.07) is 5.10. The molecule has 0 aliphatic carbocycles. The number of hydrogen-bond donors (Lipinski definition) is 3. The largest absolute Gasteiger partial charge is 0.394 e. The maximum absolute atomic E-state index is 11.9. The Bertz CT molecular complexity index is 569. The number of benzene rings is 1. The van der Waals surface area contributed by atoms with Crippen LogP contribution in [0.25, 0.3) is 0 Å². The van der Waals surface area contributed by atoms with E-state index < -0.39 is 0 Å². The number of amides is 1. The maximum atomic E-state index is 11.9. The number of nitrogen functional groups attached to an aromatic ring is 1. The van der Waals surface area contributed by atoms with Crippen LogP contribution < -0.4 is 11.1 Å². The number of carbonyl (C=O) groups excluding carboxylic acids is 1. The van der Waals surface area contributed by atoms with Gasteiger partial charge in [-0.2, -0.15) is 5.10 Å². The van der Waals surface area contributed by atoms with E-state index in [0.29, 0.717) is 26.6 Å². The monoisotopic (exact) mass is 314 g/mol. The molecular weight excluding hydrogens is 307 g/mol. The maximum Gasteiger partial charge on any atom is 0.258 e. The number of halogens is 2. The highest BCUT2D eigenvalue weighted by Crippen LogP contribution is 2.26. The van der Waals surface area contributed by atoms with E-state index in [9.17, 15) is 4.79 Å². The normalized spacial score (nSPS) is 10.2. The van der Waals surface area contributed by atoms with Gasteiger partial charge in [0.1, 0.15) is 0 Å². The second-order valence-corrected chi connectivity index (χ2v) is 4.49. The molecule has 1 aromatic carbocycles. The Balaban J connectivity index is 2.27. The average molecular weight is 316 g/mol. The van der Waals surface area contributed by atoms with E-state index in [0.717, 1.165) is 0 Å². The van der Waals surface area contributed by atoms with Gasteiger partial charge >= 0.3 is 0 Å². The van der Waals surface area contributed by atoms with Crippen molar-refractivity contribution < 1.29 is 4.79 Å². The highest BCUT2D eigenvalue weighted by Gasteiger charge is 2.14. The van der Waals surface area contributed by atoms with E-state index in [2.05, 4.69) is 31.4 Å². The van der Waals surface area contributed by atoms with Crippen molar-refractivity contribution in [2.75, 3.05) is 11.1 Å². The van der Waals surface area contributed by atoms with Crippen molar-refractivity contribution in [3.05, 3.63) is 39.5 Å². The first-order valence-electron chi connectivity index (χ1n) is 4.64. The van der Waals surface area contributed by atoms with Gasteiger partial charge in [0, 0.05) is 4.47 Å². The molecule has 0 saturated heterocycles. The molecule has 7 heteroatoms. The van der Waals surface area contributed by atoms with Gasteiger partial charge in [0.15, 0.2) is 5.82 Å². The zero-order valence-corrected chi connectivity index (χ0v) is 10.8. The molecular formula is C10H8BrClN4O. The van der Waals surface area contributed by atoms with Gasteiger partial charge in [0.2, 0.25) is 0 Å². The molecule has 1 heterocycles. The first kappa shape index (κ1) is 11.9. The first-order valence-corrected chi connectivity index (χ1v) is 5.81. The lowest BCUT2D eigenvalue weighted by molar-refractivity contribution is 0.102. The quantitative estimate of drug-likeness (QED) is 0.796. The summed E-state index contributed by atoms with van der Waals surface area (Å²) in [7, 11) is 0. The van der Waals surface area contributed by atoms with Gasteiger partial charge in [0.05, 0.1) is 22.5 Å². The van der Waals surface area contributed by atoms with E-state index >= 15 is 0 Å². The van der Waals surface area contributed by atoms with Crippen molar-refractivity contribution in [3.8, 4) is 0 Å². The number of nitrogens with two attached hydrogens (primary N) is 1. The number of carbonyl (C=O) groups is 1. The number of nitrogens with zero attached hydrogens (tertiary/aromatic N) is 1. The fourth-order valence-electron chi connectivity index (χ4n) is 1.26. The standard InChI is InChI=1S/C10H8BrClN4O/c11-6-3-1-2-5(8(6)12)10(17)15-9-7(13)4-14-16-9/h1-4H,13H2,(H2,14,15,16,17). The van der Waals surface area contributed by atoms with Crippen molar-refractivity contribution in [3.63, 3.8) is 0 Å². The summed E-state index contributed by atoms with van der Waals surface area (Å²) in [4.78, 5) is 11.9. The van der Waals surface area contributed by atoms with Crippen molar-refractivity contribution in [1.82, 2.24) is 10.2 Å². The zero-order valence-electron chi connectivity index (χ0n) is 8.50. The number of hydrogen-bond acceptors (Lipinski definition) is 3. The van der Waals surface area contributed by atoms with E-state index in [4.69, 9.17) is 17.3 Å². The lowest BCUT2D eigenvalue weighted by Crippen LogP contribution is -2.13. The van der Waals surface area contributed by atoms with Crippen molar-refractivity contribution in [1.29, 1.82) is 0 Å². The molecule has 0 aliphatic heterocycles. The summed E-state index contributed by atoms with van der Waals surface area (Å²) in [5, 5.41) is 9.22. The van der Waals surface area contributed by atoms with Crippen LogP contribution in [0.5, 0.6) is 0 Å². The Morgan fingerprint density at radius 3 is 2.94 bits per heavy atom.